The van der Waals surface area contributed by atoms with E-state index in [4.69, 9.17) is 21.7 Å². The number of hydrogen-bond acceptors (Lipinski definition) is 7. The number of thiocarbonyl (C=S) groups is 1. The lowest BCUT2D eigenvalue weighted by Crippen LogP contribution is -2.55. The molecule has 43 heavy (non-hydrogen) atoms. The van der Waals surface area contributed by atoms with Gasteiger partial charge in [0.2, 0.25) is 0 Å². The van der Waals surface area contributed by atoms with E-state index < -0.39 is 58.5 Å². The fourth-order valence-electron chi connectivity index (χ4n) is 5.34. The van der Waals surface area contributed by atoms with E-state index in [1.807, 2.05) is 0 Å². The Kier molecular flexibility index (Phi) is 10.4. The number of halogens is 3. The van der Waals surface area contributed by atoms with Crippen molar-refractivity contribution in [3.63, 3.8) is 0 Å². The summed E-state index contributed by atoms with van der Waals surface area (Å²) in [5.74, 6) is -1.42. The third-order valence-corrected chi connectivity index (χ3v) is 7.31. The van der Waals surface area contributed by atoms with Crippen molar-refractivity contribution < 1.29 is 37.0 Å². The van der Waals surface area contributed by atoms with Gasteiger partial charge in [-0.3, -0.25) is 9.59 Å². The Balaban J connectivity index is 2.04. The first-order valence-corrected chi connectivity index (χ1v) is 14.9. The van der Waals surface area contributed by atoms with Crippen LogP contribution in [0.1, 0.15) is 84.2 Å². The predicted octanol–water partition coefficient (Wildman–Crippen LogP) is 5.44. The van der Waals surface area contributed by atoms with Gasteiger partial charge in [-0.1, -0.05) is 12.2 Å². The van der Waals surface area contributed by atoms with E-state index in [1.165, 1.54) is 28.5 Å². The van der Waals surface area contributed by atoms with Gasteiger partial charge >= 0.3 is 12.3 Å². The van der Waals surface area contributed by atoms with Gasteiger partial charge in [0.15, 0.2) is 5.60 Å². The first kappa shape index (κ1) is 34.6. The Morgan fingerprint density at radius 2 is 1.88 bits per heavy atom. The summed E-state index contributed by atoms with van der Waals surface area (Å²) in [5.41, 5.74) is -3.79. The number of piperidine rings is 1. The van der Waals surface area contributed by atoms with E-state index in [0.717, 1.165) is 17.0 Å². The maximum atomic E-state index is 14.5. The van der Waals surface area contributed by atoms with Crippen molar-refractivity contribution in [1.82, 2.24) is 15.1 Å². The minimum absolute atomic E-state index is 0.0873. The van der Waals surface area contributed by atoms with Gasteiger partial charge in [0.05, 0.1) is 22.9 Å². The quantitative estimate of drug-likeness (QED) is 0.303. The number of likely N-dealkylation sites (tertiary alicyclic amines) is 1. The van der Waals surface area contributed by atoms with Gasteiger partial charge in [-0.05, 0) is 80.4 Å². The summed E-state index contributed by atoms with van der Waals surface area (Å²) in [7, 11) is 0. The SMILES string of the molecule is CC(=S)CNCCN1C(=O)C(C)(C)Oc2cc(C(F)(F)F)c(C(=O)N(C(C)C)[C@@H]3CCCN(C(=O)OC(C)(C)C)C3)cc21. The van der Waals surface area contributed by atoms with Gasteiger partial charge < -0.3 is 29.5 Å². The maximum absolute atomic E-state index is 14.5. The molecule has 0 aromatic heterocycles. The van der Waals surface area contributed by atoms with Crippen LogP contribution < -0.4 is 15.0 Å². The lowest BCUT2D eigenvalue weighted by molar-refractivity contribution is -0.138. The molecule has 1 aromatic rings. The molecular weight excluding hydrogens is 585 g/mol. The molecule has 1 aromatic carbocycles. The first-order valence-electron chi connectivity index (χ1n) is 14.5. The highest BCUT2D eigenvalue weighted by atomic mass is 32.1. The van der Waals surface area contributed by atoms with Gasteiger partial charge in [0.25, 0.3) is 11.8 Å². The van der Waals surface area contributed by atoms with Gasteiger partial charge in [-0.15, -0.1) is 0 Å². The van der Waals surface area contributed by atoms with Crippen LogP contribution in [-0.2, 0) is 15.7 Å². The Morgan fingerprint density at radius 1 is 1.23 bits per heavy atom. The van der Waals surface area contributed by atoms with Crippen molar-refractivity contribution in [2.45, 2.75) is 97.7 Å². The van der Waals surface area contributed by atoms with Gasteiger partial charge in [0, 0.05) is 43.6 Å². The number of nitrogens with one attached hydrogen (secondary N) is 1. The molecule has 0 aliphatic carbocycles. The molecule has 9 nitrogen and oxygen atoms in total. The largest absolute Gasteiger partial charge is 0.476 e. The number of carbonyl (C=O) groups excluding carboxylic acids is 3. The Hall–Kier alpha value is -2.93. The lowest BCUT2D eigenvalue weighted by atomic mass is 9.96. The zero-order valence-corrected chi connectivity index (χ0v) is 27.0. The number of fused-ring (bicyclic) bond motifs is 1. The average Bonchev–Trinajstić information content (AvgIpc) is 2.86. The number of amides is 3. The zero-order valence-electron chi connectivity index (χ0n) is 26.2. The van der Waals surface area contributed by atoms with E-state index in [2.05, 4.69) is 5.32 Å². The maximum Gasteiger partial charge on any atom is 0.417 e. The van der Waals surface area contributed by atoms with Crippen LogP contribution in [0.5, 0.6) is 5.75 Å². The van der Waals surface area contributed by atoms with Crippen LogP contribution in [0.15, 0.2) is 12.1 Å². The van der Waals surface area contributed by atoms with E-state index >= 15 is 0 Å². The number of alkyl halides is 3. The molecule has 3 amide bonds. The lowest BCUT2D eigenvalue weighted by Gasteiger charge is -2.42. The second-order valence-corrected chi connectivity index (χ2v) is 13.5. The monoisotopic (exact) mass is 628 g/mol. The highest BCUT2D eigenvalue weighted by molar-refractivity contribution is 7.80. The first-order chi connectivity index (χ1) is 19.7. The molecule has 0 unspecified atom stereocenters. The highest BCUT2D eigenvalue weighted by Crippen LogP contribution is 2.44. The Bertz CT molecular complexity index is 1250. The van der Waals surface area contributed by atoms with Crippen molar-refractivity contribution in [2.24, 2.45) is 0 Å². The van der Waals surface area contributed by atoms with Crippen LogP contribution in [-0.4, -0.2) is 88.6 Å². The number of nitrogens with zero attached hydrogens (tertiary/aromatic N) is 3. The Labute approximate surface area is 257 Å². The van der Waals surface area contributed by atoms with Crippen molar-refractivity contribution in [1.29, 1.82) is 0 Å². The molecule has 2 aliphatic heterocycles. The number of rotatable bonds is 8. The second-order valence-electron chi connectivity index (χ2n) is 12.8. The minimum Gasteiger partial charge on any atom is -0.476 e. The molecule has 2 aliphatic rings. The van der Waals surface area contributed by atoms with Crippen LogP contribution in [0.25, 0.3) is 0 Å². The van der Waals surface area contributed by atoms with Crippen LogP contribution in [0.2, 0.25) is 0 Å². The fraction of sp³-hybridized carbons (Fsp3) is 0.667. The molecule has 1 N–H and O–H groups in total. The summed E-state index contributed by atoms with van der Waals surface area (Å²) < 4.78 is 54.8. The molecule has 0 radical (unpaired) electrons. The summed E-state index contributed by atoms with van der Waals surface area (Å²) in [5, 5.41) is 3.11. The smallest absolute Gasteiger partial charge is 0.417 e. The summed E-state index contributed by atoms with van der Waals surface area (Å²) >= 11 is 5.09. The number of anilines is 1. The topological polar surface area (TPSA) is 91.4 Å². The molecule has 13 heteroatoms. The second kappa shape index (κ2) is 13.0. The van der Waals surface area contributed by atoms with Crippen LogP contribution in [0.4, 0.5) is 23.7 Å². The predicted molar refractivity (Wildman–Crippen MR) is 162 cm³/mol. The van der Waals surface area contributed by atoms with Crippen molar-refractivity contribution in [3.8, 4) is 5.75 Å². The summed E-state index contributed by atoms with van der Waals surface area (Å²) in [6.45, 7) is 14.9. The van der Waals surface area contributed by atoms with Crippen molar-refractivity contribution >= 4 is 40.7 Å². The molecule has 3 rings (SSSR count). The van der Waals surface area contributed by atoms with E-state index in [0.29, 0.717) is 32.5 Å². The standard InChI is InChI=1S/C30H43F3N4O5S/c1-18(2)37(20-10-9-12-35(17-20)27(40)42-28(4,5)6)25(38)21-14-23-24(15-22(21)30(31,32)33)41-29(7,8)26(39)36(23)13-11-34-16-19(3)43/h14-15,18,20,34H,9-13,16-17H2,1-8H3/t20-/m1/s1. The average molecular weight is 629 g/mol. The minimum atomic E-state index is -4.88. The molecule has 1 fully saturated rings. The van der Waals surface area contributed by atoms with Gasteiger partial charge in [-0.25, -0.2) is 4.79 Å². The van der Waals surface area contributed by atoms with E-state index in [1.54, 1.807) is 41.5 Å². The van der Waals surface area contributed by atoms with Crippen molar-refractivity contribution in [3.05, 3.63) is 23.3 Å². The highest BCUT2D eigenvalue weighted by Gasteiger charge is 2.45. The number of hydrogen-bond donors (Lipinski definition) is 1. The molecular formula is C30H43F3N4O5S. The zero-order chi connectivity index (χ0) is 32.5. The number of ether oxygens (including phenoxy) is 2. The van der Waals surface area contributed by atoms with E-state index in [-0.39, 0.29) is 24.5 Å². The third-order valence-electron chi connectivity index (χ3n) is 7.17. The van der Waals surface area contributed by atoms with Crippen molar-refractivity contribution in [2.75, 3.05) is 37.6 Å². The molecule has 0 saturated carbocycles. The third kappa shape index (κ3) is 8.37. The fourth-order valence-corrected chi connectivity index (χ4v) is 5.44. The van der Waals surface area contributed by atoms with E-state index in [9.17, 15) is 27.6 Å². The van der Waals surface area contributed by atoms with Gasteiger partial charge in [0.1, 0.15) is 11.4 Å². The van der Waals surface area contributed by atoms with Crippen LogP contribution >= 0.6 is 12.2 Å². The van der Waals surface area contributed by atoms with Crippen LogP contribution in [0, 0.1) is 0 Å². The van der Waals surface area contributed by atoms with Crippen LogP contribution in [0.3, 0.4) is 0 Å². The normalized spacial score (nSPS) is 18.7. The molecule has 0 spiro atoms. The summed E-state index contributed by atoms with van der Waals surface area (Å²) in [6.07, 6.45) is -4.36. The molecule has 240 valence electrons. The molecule has 1 atom stereocenters. The van der Waals surface area contributed by atoms with Gasteiger partial charge in [-0.2, -0.15) is 13.2 Å². The number of carbonyl (C=O) groups is 3. The summed E-state index contributed by atoms with van der Waals surface area (Å²) in [4.78, 5) is 45.2. The Morgan fingerprint density at radius 3 is 2.44 bits per heavy atom. The molecule has 0 bridgehead atoms. The summed E-state index contributed by atoms with van der Waals surface area (Å²) in [6, 6.07) is 0.899. The number of benzene rings is 1. The molecule has 1 saturated heterocycles. The molecule has 2 heterocycles.